The number of rotatable bonds is 5. The minimum atomic E-state index is -0.308. The Bertz CT molecular complexity index is 763. The zero-order chi connectivity index (χ0) is 17.4. The monoisotopic (exact) mass is 321 g/mol. The topological polar surface area (TPSA) is 70.6 Å². The highest BCUT2D eigenvalue weighted by atomic mass is 16.2. The van der Waals surface area contributed by atoms with E-state index in [0.717, 1.165) is 5.56 Å². The molecular formula is C19H19N3O2. The molecular weight excluding hydrogens is 302 g/mol. The number of hydrogen-bond acceptors (Lipinski definition) is 3. The third-order valence-corrected chi connectivity index (χ3v) is 3.12. The summed E-state index contributed by atoms with van der Waals surface area (Å²) in [7, 11) is 0. The van der Waals surface area contributed by atoms with E-state index in [0.29, 0.717) is 17.0 Å². The summed E-state index contributed by atoms with van der Waals surface area (Å²) in [6.07, 6.45) is 3.75. The second-order valence-corrected chi connectivity index (χ2v) is 5.20. The molecule has 0 saturated carbocycles. The Morgan fingerprint density at radius 2 is 1.62 bits per heavy atom. The number of nitrogens with one attached hydrogen (secondary N) is 2. The Hall–Kier alpha value is -3.21. The van der Waals surface area contributed by atoms with Gasteiger partial charge in [-0.25, -0.2) is 5.43 Å². The molecule has 0 radical (unpaired) electrons. The summed E-state index contributed by atoms with van der Waals surface area (Å²) >= 11 is 0. The van der Waals surface area contributed by atoms with E-state index < -0.39 is 0 Å². The summed E-state index contributed by atoms with van der Waals surface area (Å²) in [5.74, 6) is -0.463. The minimum absolute atomic E-state index is 0.155. The van der Waals surface area contributed by atoms with Gasteiger partial charge < -0.3 is 5.32 Å². The van der Waals surface area contributed by atoms with Gasteiger partial charge in [-0.05, 0) is 42.8 Å². The van der Waals surface area contributed by atoms with Crippen molar-refractivity contribution < 1.29 is 9.59 Å². The Labute approximate surface area is 141 Å². The molecule has 0 spiro atoms. The summed E-state index contributed by atoms with van der Waals surface area (Å²) in [5, 5.41) is 6.69. The maximum Gasteiger partial charge on any atom is 0.271 e. The van der Waals surface area contributed by atoms with Crippen molar-refractivity contribution in [2.45, 2.75) is 13.8 Å². The Morgan fingerprint density at radius 1 is 0.958 bits per heavy atom. The normalized spacial score (nSPS) is 11.3. The average Bonchev–Trinajstić information content (AvgIpc) is 2.59. The third kappa shape index (κ3) is 5.53. The molecule has 0 aliphatic heterocycles. The highest BCUT2D eigenvalue weighted by Gasteiger charge is 2.04. The number of carbonyl (C=O) groups excluding carboxylic acids is 2. The predicted molar refractivity (Wildman–Crippen MR) is 96.8 cm³/mol. The van der Waals surface area contributed by atoms with E-state index in [-0.39, 0.29) is 11.8 Å². The summed E-state index contributed by atoms with van der Waals surface area (Å²) in [4.78, 5) is 23.0. The maximum atomic E-state index is 12.0. The van der Waals surface area contributed by atoms with Gasteiger partial charge in [0.2, 0.25) is 5.91 Å². The van der Waals surface area contributed by atoms with E-state index in [9.17, 15) is 9.59 Å². The number of nitrogens with zero attached hydrogens (tertiary/aromatic N) is 1. The average molecular weight is 321 g/mol. The first-order valence-corrected chi connectivity index (χ1v) is 7.50. The van der Waals surface area contributed by atoms with Crippen LogP contribution in [0.25, 0.3) is 6.08 Å². The largest absolute Gasteiger partial charge is 0.326 e. The number of allylic oxidation sites excluding steroid dienone is 1. The van der Waals surface area contributed by atoms with Gasteiger partial charge >= 0.3 is 0 Å². The molecule has 0 unspecified atom stereocenters. The van der Waals surface area contributed by atoms with Crippen molar-refractivity contribution in [3.8, 4) is 0 Å². The molecule has 2 aromatic carbocycles. The Morgan fingerprint density at radius 3 is 2.25 bits per heavy atom. The molecule has 0 aliphatic rings. The smallest absolute Gasteiger partial charge is 0.271 e. The second-order valence-electron chi connectivity index (χ2n) is 5.20. The highest BCUT2D eigenvalue weighted by molar-refractivity contribution is 5.99. The van der Waals surface area contributed by atoms with Crippen LogP contribution >= 0.6 is 0 Å². The Balaban J connectivity index is 1.94. The number of anilines is 1. The standard InChI is InChI=1S/C19H19N3O2/c1-14(8-9-16-6-4-3-5-7-16)21-22-19(24)17-10-12-18(13-11-17)20-15(2)23/h3-13H,1-2H3,(H,20,23)(H,22,24)/b9-8-,21-14?. The summed E-state index contributed by atoms with van der Waals surface area (Å²) < 4.78 is 0. The predicted octanol–water partition coefficient (Wildman–Crippen LogP) is 3.46. The number of amides is 2. The van der Waals surface area contributed by atoms with Gasteiger partial charge in [-0.2, -0.15) is 5.10 Å². The van der Waals surface area contributed by atoms with E-state index >= 15 is 0 Å². The zero-order valence-electron chi connectivity index (χ0n) is 13.6. The lowest BCUT2D eigenvalue weighted by Gasteiger charge is -2.04. The highest BCUT2D eigenvalue weighted by Crippen LogP contribution is 2.09. The van der Waals surface area contributed by atoms with Crippen LogP contribution in [0.5, 0.6) is 0 Å². The van der Waals surface area contributed by atoms with Crippen LogP contribution in [0.3, 0.4) is 0 Å². The van der Waals surface area contributed by atoms with Gasteiger partial charge in [-0.3, -0.25) is 9.59 Å². The van der Waals surface area contributed by atoms with Gasteiger partial charge in [0.25, 0.3) is 5.91 Å². The lowest BCUT2D eigenvalue weighted by molar-refractivity contribution is -0.114. The van der Waals surface area contributed by atoms with Crippen LogP contribution in [0, 0.1) is 0 Å². The second kappa shape index (κ2) is 8.43. The molecule has 2 rings (SSSR count). The van der Waals surface area contributed by atoms with Crippen LogP contribution in [0.1, 0.15) is 29.8 Å². The number of hydrazone groups is 1. The van der Waals surface area contributed by atoms with E-state index in [1.54, 1.807) is 31.2 Å². The lowest BCUT2D eigenvalue weighted by Crippen LogP contribution is -2.18. The Kier molecular flexibility index (Phi) is 6.02. The van der Waals surface area contributed by atoms with E-state index in [4.69, 9.17) is 0 Å². The van der Waals surface area contributed by atoms with Crippen LogP contribution in [0.2, 0.25) is 0 Å². The molecule has 5 nitrogen and oxygen atoms in total. The summed E-state index contributed by atoms with van der Waals surface area (Å²) in [6.45, 7) is 3.24. The fraction of sp³-hybridized carbons (Fsp3) is 0.105. The molecule has 0 aromatic heterocycles. The van der Waals surface area contributed by atoms with Crippen LogP contribution < -0.4 is 10.7 Å². The molecule has 24 heavy (non-hydrogen) atoms. The molecule has 122 valence electrons. The van der Waals surface area contributed by atoms with Gasteiger partial charge in [0.15, 0.2) is 0 Å². The van der Waals surface area contributed by atoms with E-state index in [2.05, 4.69) is 15.8 Å². The first-order chi connectivity index (χ1) is 11.5. The van der Waals surface area contributed by atoms with E-state index in [1.807, 2.05) is 42.5 Å². The molecule has 2 N–H and O–H groups in total. The van der Waals surface area contributed by atoms with Crippen LogP contribution in [-0.2, 0) is 4.79 Å². The summed E-state index contributed by atoms with van der Waals surface area (Å²) in [5.41, 5.74) is 5.36. The number of benzene rings is 2. The van der Waals surface area contributed by atoms with Gasteiger partial charge in [0.05, 0.1) is 5.71 Å². The quantitative estimate of drug-likeness (QED) is 0.654. The van der Waals surface area contributed by atoms with Crippen LogP contribution in [-0.4, -0.2) is 17.5 Å². The van der Waals surface area contributed by atoms with Crippen molar-refractivity contribution in [2.75, 3.05) is 5.32 Å². The maximum absolute atomic E-state index is 12.0. The third-order valence-electron chi connectivity index (χ3n) is 3.12. The van der Waals surface area contributed by atoms with Crippen LogP contribution in [0.15, 0.2) is 65.8 Å². The van der Waals surface area contributed by atoms with Gasteiger partial charge in [-0.1, -0.05) is 36.4 Å². The molecule has 2 aromatic rings. The molecule has 0 heterocycles. The molecule has 0 fully saturated rings. The lowest BCUT2D eigenvalue weighted by atomic mass is 10.2. The van der Waals surface area contributed by atoms with Gasteiger partial charge in [0.1, 0.15) is 0 Å². The van der Waals surface area contributed by atoms with Crippen molar-refractivity contribution in [1.29, 1.82) is 0 Å². The summed E-state index contributed by atoms with van der Waals surface area (Å²) in [6, 6.07) is 16.4. The van der Waals surface area contributed by atoms with Crippen molar-refractivity contribution in [2.24, 2.45) is 5.10 Å². The molecule has 5 heteroatoms. The van der Waals surface area contributed by atoms with Crippen molar-refractivity contribution in [1.82, 2.24) is 5.43 Å². The minimum Gasteiger partial charge on any atom is -0.326 e. The first-order valence-electron chi connectivity index (χ1n) is 7.50. The first kappa shape index (κ1) is 17.1. The van der Waals surface area contributed by atoms with Crippen molar-refractivity contribution in [3.63, 3.8) is 0 Å². The van der Waals surface area contributed by atoms with Gasteiger partial charge in [-0.15, -0.1) is 0 Å². The molecule has 0 atom stereocenters. The molecule has 0 bridgehead atoms. The fourth-order valence-corrected chi connectivity index (χ4v) is 1.93. The zero-order valence-corrected chi connectivity index (χ0v) is 13.6. The molecule has 0 aliphatic carbocycles. The number of hydrogen-bond donors (Lipinski definition) is 2. The molecule has 0 saturated heterocycles. The van der Waals surface area contributed by atoms with Crippen LogP contribution in [0.4, 0.5) is 5.69 Å². The van der Waals surface area contributed by atoms with Crippen molar-refractivity contribution >= 4 is 29.3 Å². The fourth-order valence-electron chi connectivity index (χ4n) is 1.93. The number of carbonyl (C=O) groups is 2. The van der Waals surface area contributed by atoms with Gasteiger partial charge in [0, 0.05) is 18.2 Å². The van der Waals surface area contributed by atoms with Crippen molar-refractivity contribution in [3.05, 3.63) is 71.8 Å². The molecule has 2 amide bonds. The SMILES string of the molecule is CC(=O)Nc1ccc(C(=O)NN=C(C)/C=C\c2ccccc2)cc1. The van der Waals surface area contributed by atoms with E-state index in [1.165, 1.54) is 6.92 Å².